The highest BCUT2D eigenvalue weighted by Crippen LogP contribution is 2.39. The zero-order valence-electron chi connectivity index (χ0n) is 19.1. The molecule has 1 aromatic heterocycles. The highest BCUT2D eigenvalue weighted by molar-refractivity contribution is 8.19. The first-order valence-corrected chi connectivity index (χ1v) is 12.1. The number of amides is 1. The van der Waals surface area contributed by atoms with Crippen LogP contribution in [-0.4, -0.2) is 18.2 Å². The van der Waals surface area contributed by atoms with E-state index in [2.05, 4.69) is 0 Å². The smallest absolute Gasteiger partial charge is 0.271 e. The molecule has 4 aromatic rings. The van der Waals surface area contributed by atoms with Crippen LogP contribution in [0.5, 0.6) is 5.75 Å². The fraction of sp³-hybridized carbons (Fsp3) is 0.0714. The zero-order chi connectivity index (χ0) is 24.4. The van der Waals surface area contributed by atoms with Gasteiger partial charge in [-0.3, -0.25) is 9.69 Å². The Balaban J connectivity index is 1.53. The second-order valence-electron chi connectivity index (χ2n) is 7.81. The number of aliphatic imine (C=N–C) groups is 1. The Morgan fingerprint density at radius 1 is 0.971 bits per heavy atom. The zero-order valence-corrected chi connectivity index (χ0v) is 20.6. The minimum absolute atomic E-state index is 0.160. The summed E-state index contributed by atoms with van der Waals surface area (Å²) in [5.41, 5.74) is 3.29. The van der Waals surface area contributed by atoms with E-state index in [1.54, 1.807) is 18.1 Å². The number of amidine groups is 1. The molecule has 35 heavy (non-hydrogen) atoms. The number of furan rings is 1. The molecule has 5 rings (SSSR count). The third kappa shape index (κ3) is 4.76. The van der Waals surface area contributed by atoms with Crippen LogP contribution in [0.1, 0.15) is 11.3 Å². The number of halogens is 1. The number of thioether (sulfide) groups is 1. The number of methoxy groups -OCH3 is 1. The van der Waals surface area contributed by atoms with E-state index in [0.29, 0.717) is 26.6 Å². The Bertz CT molecular complexity index is 1460. The largest absolute Gasteiger partial charge is 0.497 e. The van der Waals surface area contributed by atoms with E-state index in [1.807, 2.05) is 91.9 Å². The molecule has 1 amide bonds. The first-order chi connectivity index (χ1) is 17.0. The molecule has 5 nitrogen and oxygen atoms in total. The summed E-state index contributed by atoms with van der Waals surface area (Å²) in [5, 5.41) is 1.17. The van der Waals surface area contributed by atoms with Crippen LogP contribution < -0.4 is 9.64 Å². The molecule has 7 heteroatoms. The summed E-state index contributed by atoms with van der Waals surface area (Å²) in [6, 6.07) is 26.3. The SMILES string of the molecule is COc1ccc(N=C2S/C(=C\c3ccc(-c4ccccc4Cl)o3)C(=O)N2c2ccccc2C)cc1. The van der Waals surface area contributed by atoms with E-state index in [-0.39, 0.29) is 5.91 Å². The van der Waals surface area contributed by atoms with Crippen molar-refractivity contribution in [2.75, 3.05) is 12.0 Å². The molecule has 0 N–H and O–H groups in total. The molecule has 174 valence electrons. The summed E-state index contributed by atoms with van der Waals surface area (Å²) in [6.45, 7) is 1.97. The Labute approximate surface area is 212 Å². The average molecular weight is 501 g/mol. The van der Waals surface area contributed by atoms with Crippen LogP contribution in [0.25, 0.3) is 17.4 Å². The standard InChI is InChI=1S/C28H21ClN2O3S/c1-18-7-3-6-10-24(18)31-27(32)26(35-28(31)30-19-11-13-20(33-2)14-12-19)17-21-15-16-25(34-21)22-8-4-5-9-23(22)29/h3-17H,1-2H3/b26-17-,30-28?. The third-order valence-corrected chi connectivity index (χ3v) is 6.80. The van der Waals surface area contributed by atoms with Gasteiger partial charge in [0.2, 0.25) is 0 Å². The molecular formula is C28H21ClN2O3S. The molecule has 2 heterocycles. The van der Waals surface area contributed by atoms with Gasteiger partial charge in [-0.2, -0.15) is 0 Å². The van der Waals surface area contributed by atoms with E-state index in [0.717, 1.165) is 28.3 Å². The van der Waals surface area contributed by atoms with Crippen molar-refractivity contribution < 1.29 is 13.9 Å². The first kappa shape index (κ1) is 23.0. The molecule has 0 aliphatic carbocycles. The van der Waals surface area contributed by atoms with Gasteiger partial charge in [0.15, 0.2) is 5.17 Å². The number of carbonyl (C=O) groups is 1. The molecule has 0 spiro atoms. The summed E-state index contributed by atoms with van der Waals surface area (Å²) in [5.74, 6) is 1.78. The molecule has 1 fully saturated rings. The van der Waals surface area contributed by atoms with Gasteiger partial charge >= 0.3 is 0 Å². The Morgan fingerprint density at radius 2 is 1.71 bits per heavy atom. The predicted molar refractivity (Wildman–Crippen MR) is 143 cm³/mol. The number of carbonyl (C=O) groups excluding carboxylic acids is 1. The van der Waals surface area contributed by atoms with Crippen molar-refractivity contribution in [1.29, 1.82) is 0 Å². The lowest BCUT2D eigenvalue weighted by Gasteiger charge is -2.18. The number of aryl methyl sites for hydroxylation is 1. The molecule has 0 atom stereocenters. The number of nitrogens with zero attached hydrogens (tertiary/aromatic N) is 2. The van der Waals surface area contributed by atoms with Crippen LogP contribution in [-0.2, 0) is 4.79 Å². The molecular weight excluding hydrogens is 480 g/mol. The fourth-order valence-corrected chi connectivity index (χ4v) is 4.91. The number of anilines is 1. The maximum Gasteiger partial charge on any atom is 0.271 e. The van der Waals surface area contributed by atoms with Crippen molar-refractivity contribution in [3.8, 4) is 17.1 Å². The Kier molecular flexibility index (Phi) is 6.49. The molecule has 3 aromatic carbocycles. The molecule has 0 bridgehead atoms. The number of rotatable bonds is 5. The molecule has 1 aliphatic heterocycles. The van der Waals surface area contributed by atoms with Crippen LogP contribution in [0.2, 0.25) is 5.02 Å². The number of benzene rings is 3. The highest BCUT2D eigenvalue weighted by atomic mass is 35.5. The molecule has 0 saturated carbocycles. The second-order valence-corrected chi connectivity index (χ2v) is 9.23. The monoisotopic (exact) mass is 500 g/mol. The molecule has 1 saturated heterocycles. The van der Waals surface area contributed by atoms with E-state index in [9.17, 15) is 4.79 Å². The Morgan fingerprint density at radius 3 is 2.46 bits per heavy atom. The molecule has 0 unspecified atom stereocenters. The van der Waals surface area contributed by atoms with Gasteiger partial charge in [0.25, 0.3) is 5.91 Å². The van der Waals surface area contributed by atoms with E-state index in [4.69, 9.17) is 25.7 Å². The fourth-order valence-electron chi connectivity index (χ4n) is 3.71. The number of ether oxygens (including phenoxy) is 1. The summed E-state index contributed by atoms with van der Waals surface area (Å²) < 4.78 is 11.2. The van der Waals surface area contributed by atoms with Crippen LogP contribution in [0.15, 0.2) is 99.2 Å². The molecule has 0 radical (unpaired) electrons. The van der Waals surface area contributed by atoms with Crippen LogP contribution in [0.4, 0.5) is 11.4 Å². The Hall–Kier alpha value is -3.74. The maximum absolute atomic E-state index is 13.6. The first-order valence-electron chi connectivity index (χ1n) is 10.9. The highest BCUT2D eigenvalue weighted by Gasteiger charge is 2.35. The maximum atomic E-state index is 13.6. The molecule has 1 aliphatic rings. The quantitative estimate of drug-likeness (QED) is 0.263. The van der Waals surface area contributed by atoms with E-state index < -0.39 is 0 Å². The lowest BCUT2D eigenvalue weighted by Crippen LogP contribution is -2.29. The second kappa shape index (κ2) is 9.86. The minimum atomic E-state index is -0.160. The van der Waals surface area contributed by atoms with Gasteiger partial charge in [-0.1, -0.05) is 41.9 Å². The number of hydrogen-bond acceptors (Lipinski definition) is 5. The predicted octanol–water partition coefficient (Wildman–Crippen LogP) is 7.73. The van der Waals surface area contributed by atoms with Gasteiger partial charge in [-0.15, -0.1) is 0 Å². The summed E-state index contributed by atoms with van der Waals surface area (Å²) in [7, 11) is 1.62. The van der Waals surface area contributed by atoms with Crippen LogP contribution in [0, 0.1) is 6.92 Å². The normalized spacial score (nSPS) is 15.9. The van der Waals surface area contributed by atoms with Crippen molar-refractivity contribution in [1.82, 2.24) is 0 Å². The minimum Gasteiger partial charge on any atom is -0.497 e. The summed E-state index contributed by atoms with van der Waals surface area (Å²) >= 11 is 7.62. The van der Waals surface area contributed by atoms with Crippen LogP contribution >= 0.6 is 23.4 Å². The van der Waals surface area contributed by atoms with Crippen molar-refractivity contribution >= 4 is 51.9 Å². The topological polar surface area (TPSA) is 55.0 Å². The third-order valence-electron chi connectivity index (χ3n) is 5.50. The lowest BCUT2D eigenvalue weighted by atomic mass is 10.2. The lowest BCUT2D eigenvalue weighted by molar-refractivity contribution is -0.113. The van der Waals surface area contributed by atoms with Crippen molar-refractivity contribution in [2.24, 2.45) is 4.99 Å². The average Bonchev–Trinajstić information content (AvgIpc) is 3.45. The van der Waals surface area contributed by atoms with Gasteiger partial charge in [-0.25, -0.2) is 4.99 Å². The van der Waals surface area contributed by atoms with E-state index in [1.165, 1.54) is 11.8 Å². The van der Waals surface area contributed by atoms with Gasteiger partial charge in [-0.05, 0) is 78.8 Å². The number of hydrogen-bond donors (Lipinski definition) is 0. The van der Waals surface area contributed by atoms with Crippen LogP contribution in [0.3, 0.4) is 0 Å². The van der Waals surface area contributed by atoms with Crippen molar-refractivity contribution in [3.63, 3.8) is 0 Å². The van der Waals surface area contributed by atoms with Gasteiger partial charge in [0.1, 0.15) is 17.3 Å². The van der Waals surface area contributed by atoms with Crippen molar-refractivity contribution in [2.45, 2.75) is 6.92 Å². The number of para-hydroxylation sites is 1. The summed E-state index contributed by atoms with van der Waals surface area (Å²) in [4.78, 5) is 20.5. The van der Waals surface area contributed by atoms with E-state index >= 15 is 0 Å². The van der Waals surface area contributed by atoms with Crippen molar-refractivity contribution in [3.05, 3.63) is 106 Å². The van der Waals surface area contributed by atoms with Gasteiger partial charge < -0.3 is 9.15 Å². The van der Waals surface area contributed by atoms with Gasteiger partial charge in [0.05, 0.1) is 28.4 Å². The summed E-state index contributed by atoms with van der Waals surface area (Å²) in [6.07, 6.45) is 1.75. The van der Waals surface area contributed by atoms with Gasteiger partial charge in [0, 0.05) is 11.6 Å².